The third kappa shape index (κ3) is 3.01. The molecule has 1 aromatic rings. The summed E-state index contributed by atoms with van der Waals surface area (Å²) in [6, 6.07) is 4.60. The number of hydrazone groups is 1. The van der Waals surface area contributed by atoms with Crippen LogP contribution in [0.1, 0.15) is 13.3 Å². The molecule has 24 heavy (non-hydrogen) atoms. The van der Waals surface area contributed by atoms with Gasteiger partial charge in [-0.3, -0.25) is 9.80 Å². The Hall–Kier alpha value is -1.64. The first-order valence-electron chi connectivity index (χ1n) is 7.73. The van der Waals surface area contributed by atoms with E-state index in [1.165, 1.54) is 11.0 Å². The molecule has 1 saturated heterocycles. The summed E-state index contributed by atoms with van der Waals surface area (Å²) in [6.07, 6.45) is 0.755. The number of ether oxygens (including phenoxy) is 1. The van der Waals surface area contributed by atoms with Gasteiger partial charge in [0, 0.05) is 24.7 Å². The van der Waals surface area contributed by atoms with Crippen molar-refractivity contribution in [1.82, 2.24) is 4.90 Å². The highest BCUT2D eigenvalue weighted by molar-refractivity contribution is 8.08. The molecule has 0 saturated carbocycles. The van der Waals surface area contributed by atoms with E-state index in [1.54, 1.807) is 17.1 Å². The monoisotopic (exact) mass is 371 g/mol. The standard InChI is InChI=1S/C15H18ClN3O4S/c1-2-5-19-12-4-3-11(16)10-13(12)24(21,22)14(17-19)15(20)18-6-8-23-9-7-18/h3-4,10H,2,5-9H2,1H3. The molecule has 3 rings (SSSR count). The molecule has 0 N–H and O–H groups in total. The van der Waals surface area contributed by atoms with Gasteiger partial charge in [0.05, 0.1) is 18.9 Å². The van der Waals surface area contributed by atoms with Gasteiger partial charge in [-0.05, 0) is 24.6 Å². The highest BCUT2D eigenvalue weighted by Crippen LogP contribution is 2.34. The number of halogens is 1. The molecule has 1 amide bonds. The largest absolute Gasteiger partial charge is 0.378 e. The van der Waals surface area contributed by atoms with E-state index in [1.807, 2.05) is 6.92 Å². The van der Waals surface area contributed by atoms with Crippen LogP contribution in [0, 0.1) is 0 Å². The number of morpholine rings is 1. The van der Waals surface area contributed by atoms with Crippen molar-refractivity contribution in [2.45, 2.75) is 18.2 Å². The number of hydrogen-bond acceptors (Lipinski definition) is 6. The summed E-state index contributed by atoms with van der Waals surface area (Å²) in [6.45, 7) is 3.94. The molecule has 0 spiro atoms. The molecule has 0 aromatic heterocycles. The van der Waals surface area contributed by atoms with Crippen molar-refractivity contribution in [3.05, 3.63) is 23.2 Å². The summed E-state index contributed by atoms with van der Waals surface area (Å²) >= 11 is 5.97. The maximum absolute atomic E-state index is 12.9. The third-order valence-corrected chi connectivity index (χ3v) is 5.78. The lowest BCUT2D eigenvalue weighted by Crippen LogP contribution is -2.47. The van der Waals surface area contributed by atoms with Gasteiger partial charge in [-0.2, -0.15) is 5.10 Å². The van der Waals surface area contributed by atoms with Crippen LogP contribution in [0.25, 0.3) is 0 Å². The Morgan fingerprint density at radius 2 is 2.04 bits per heavy atom. The first-order valence-corrected chi connectivity index (χ1v) is 9.59. The normalized spacial score (nSPS) is 19.7. The Morgan fingerprint density at radius 3 is 2.71 bits per heavy atom. The van der Waals surface area contributed by atoms with Crippen LogP contribution in [-0.4, -0.2) is 57.1 Å². The van der Waals surface area contributed by atoms with E-state index in [4.69, 9.17) is 16.3 Å². The number of carbonyl (C=O) groups is 1. The van der Waals surface area contributed by atoms with Crippen LogP contribution < -0.4 is 5.01 Å². The Kier molecular flexibility index (Phi) is 4.80. The smallest absolute Gasteiger partial charge is 0.286 e. The summed E-state index contributed by atoms with van der Waals surface area (Å²) in [5.74, 6) is -0.593. The lowest BCUT2D eigenvalue weighted by Gasteiger charge is -2.31. The predicted octanol–water partition coefficient (Wildman–Crippen LogP) is 1.52. The lowest BCUT2D eigenvalue weighted by atomic mass is 10.3. The van der Waals surface area contributed by atoms with Crippen LogP contribution in [0.3, 0.4) is 0 Å². The molecule has 2 heterocycles. The number of carbonyl (C=O) groups excluding carboxylic acids is 1. The minimum atomic E-state index is -4.01. The van der Waals surface area contributed by atoms with Gasteiger partial charge in [0.15, 0.2) is 0 Å². The molecular weight excluding hydrogens is 354 g/mol. The third-order valence-electron chi connectivity index (χ3n) is 3.87. The molecule has 0 unspecified atom stereocenters. The molecule has 1 fully saturated rings. The molecule has 1 aromatic carbocycles. The molecule has 2 aliphatic rings. The number of fused-ring (bicyclic) bond motifs is 1. The Bertz CT molecular complexity index is 788. The zero-order valence-electron chi connectivity index (χ0n) is 13.2. The van der Waals surface area contributed by atoms with E-state index in [9.17, 15) is 13.2 Å². The molecule has 7 nitrogen and oxygen atoms in total. The topological polar surface area (TPSA) is 79.3 Å². The van der Waals surface area contributed by atoms with E-state index in [-0.39, 0.29) is 4.90 Å². The molecule has 0 atom stereocenters. The SMILES string of the molecule is CCCN1N=C(C(=O)N2CCOCC2)S(=O)(=O)c2cc(Cl)ccc21. The van der Waals surface area contributed by atoms with Gasteiger partial charge in [0.25, 0.3) is 5.91 Å². The Balaban J connectivity index is 2.06. The number of sulfone groups is 1. The second kappa shape index (κ2) is 6.70. The van der Waals surface area contributed by atoms with Crippen LogP contribution in [0.2, 0.25) is 5.02 Å². The second-order valence-corrected chi connectivity index (χ2v) is 7.82. The van der Waals surface area contributed by atoms with Crippen molar-refractivity contribution < 1.29 is 17.9 Å². The fraction of sp³-hybridized carbons (Fsp3) is 0.467. The van der Waals surface area contributed by atoms with Crippen molar-refractivity contribution in [3.63, 3.8) is 0 Å². The van der Waals surface area contributed by atoms with E-state index >= 15 is 0 Å². The highest BCUT2D eigenvalue weighted by Gasteiger charge is 2.39. The first kappa shape index (κ1) is 17.2. The minimum Gasteiger partial charge on any atom is -0.378 e. The van der Waals surface area contributed by atoms with Gasteiger partial charge in [-0.1, -0.05) is 18.5 Å². The quantitative estimate of drug-likeness (QED) is 0.804. The van der Waals surface area contributed by atoms with Crippen molar-refractivity contribution in [2.24, 2.45) is 5.10 Å². The summed E-state index contributed by atoms with van der Waals surface area (Å²) < 4.78 is 31.0. The maximum atomic E-state index is 12.9. The number of rotatable bonds is 3. The van der Waals surface area contributed by atoms with Crippen molar-refractivity contribution in [1.29, 1.82) is 0 Å². The molecule has 0 bridgehead atoms. The summed E-state index contributed by atoms with van der Waals surface area (Å²) in [4.78, 5) is 14.2. The van der Waals surface area contributed by atoms with Crippen molar-refractivity contribution in [2.75, 3.05) is 37.9 Å². The summed E-state index contributed by atoms with van der Waals surface area (Å²) in [5.41, 5.74) is 0.444. The summed E-state index contributed by atoms with van der Waals surface area (Å²) in [5, 5.41) is 5.56. The molecular formula is C15H18ClN3O4S. The first-order chi connectivity index (χ1) is 11.4. The fourth-order valence-corrected chi connectivity index (χ4v) is 4.42. The zero-order chi connectivity index (χ0) is 17.3. The van der Waals surface area contributed by atoms with Crippen molar-refractivity contribution in [3.8, 4) is 0 Å². The van der Waals surface area contributed by atoms with Crippen molar-refractivity contribution >= 4 is 38.1 Å². The molecule has 2 aliphatic heterocycles. The van der Waals surface area contributed by atoms with Gasteiger partial charge in [-0.25, -0.2) is 8.42 Å². The number of hydrogen-bond donors (Lipinski definition) is 0. The van der Waals surface area contributed by atoms with E-state index in [2.05, 4.69) is 5.10 Å². The van der Waals surface area contributed by atoms with E-state index in [0.717, 1.165) is 6.42 Å². The molecule has 0 aliphatic carbocycles. The Labute approximate surface area is 145 Å². The van der Waals surface area contributed by atoms with Gasteiger partial charge in [-0.15, -0.1) is 0 Å². The minimum absolute atomic E-state index is 0.0232. The number of benzene rings is 1. The Morgan fingerprint density at radius 1 is 1.33 bits per heavy atom. The molecule has 0 radical (unpaired) electrons. The van der Waals surface area contributed by atoms with Gasteiger partial charge in [0.2, 0.25) is 14.9 Å². The lowest BCUT2D eigenvalue weighted by molar-refractivity contribution is -0.127. The summed E-state index contributed by atoms with van der Waals surface area (Å²) in [7, 11) is -4.01. The second-order valence-electron chi connectivity index (χ2n) is 5.55. The van der Waals surface area contributed by atoms with Crippen LogP contribution in [0.4, 0.5) is 5.69 Å². The van der Waals surface area contributed by atoms with Gasteiger partial charge in [0.1, 0.15) is 4.90 Å². The predicted molar refractivity (Wildman–Crippen MR) is 91.1 cm³/mol. The zero-order valence-corrected chi connectivity index (χ0v) is 14.8. The van der Waals surface area contributed by atoms with Crippen LogP contribution in [0.5, 0.6) is 0 Å². The number of anilines is 1. The van der Waals surface area contributed by atoms with Crippen LogP contribution in [-0.2, 0) is 19.4 Å². The average molecular weight is 372 g/mol. The fourth-order valence-electron chi connectivity index (χ4n) is 2.68. The van der Waals surface area contributed by atoms with Gasteiger partial charge >= 0.3 is 0 Å². The number of amides is 1. The highest BCUT2D eigenvalue weighted by atomic mass is 35.5. The molecule has 130 valence electrons. The van der Waals surface area contributed by atoms with E-state index < -0.39 is 20.8 Å². The molecule has 9 heteroatoms. The van der Waals surface area contributed by atoms with Crippen LogP contribution in [0.15, 0.2) is 28.2 Å². The maximum Gasteiger partial charge on any atom is 0.286 e. The van der Waals surface area contributed by atoms with Gasteiger partial charge < -0.3 is 9.64 Å². The average Bonchev–Trinajstić information content (AvgIpc) is 2.58. The van der Waals surface area contributed by atoms with Crippen LogP contribution >= 0.6 is 11.6 Å². The van der Waals surface area contributed by atoms with E-state index in [0.29, 0.717) is 43.6 Å². The number of nitrogens with zero attached hydrogens (tertiary/aromatic N) is 3.